The minimum atomic E-state index is -3.16. The van der Waals surface area contributed by atoms with E-state index < -0.39 is 9.84 Å². The van der Waals surface area contributed by atoms with Crippen LogP contribution in [-0.4, -0.2) is 19.7 Å². The predicted octanol–water partition coefficient (Wildman–Crippen LogP) is 2.20. The molecule has 0 bridgehead atoms. The molecule has 16 heavy (non-hydrogen) atoms. The molecular formula is C12H13NO2S. The van der Waals surface area contributed by atoms with E-state index in [9.17, 15) is 8.42 Å². The standard InChI is InChI=1S/C12H13NO2S/c1-3-9-6-11-8-13-5-4-10(11)7-12(9)16(2,14)15/h4-8H,3H2,1-2H3. The Labute approximate surface area is 95.1 Å². The molecule has 0 spiro atoms. The Morgan fingerprint density at radius 2 is 2.00 bits per heavy atom. The van der Waals surface area contributed by atoms with Crippen LogP contribution in [0.2, 0.25) is 0 Å². The van der Waals surface area contributed by atoms with Crippen LogP contribution in [0.15, 0.2) is 35.5 Å². The highest BCUT2D eigenvalue weighted by Gasteiger charge is 2.13. The summed E-state index contributed by atoms with van der Waals surface area (Å²) in [7, 11) is -3.16. The third kappa shape index (κ3) is 1.93. The Balaban J connectivity index is 2.83. The number of fused-ring (bicyclic) bond motifs is 1. The van der Waals surface area contributed by atoms with Gasteiger partial charge in [-0.15, -0.1) is 0 Å². The SMILES string of the molecule is CCc1cc2cnccc2cc1S(C)(=O)=O. The molecule has 3 nitrogen and oxygen atoms in total. The van der Waals surface area contributed by atoms with Gasteiger partial charge in [-0.1, -0.05) is 6.92 Å². The Morgan fingerprint density at radius 1 is 1.25 bits per heavy atom. The second-order valence-electron chi connectivity index (χ2n) is 3.81. The lowest BCUT2D eigenvalue weighted by Gasteiger charge is -2.07. The molecule has 0 aliphatic rings. The molecule has 0 saturated heterocycles. The fourth-order valence-corrected chi connectivity index (χ4v) is 2.80. The molecule has 0 aliphatic carbocycles. The van der Waals surface area contributed by atoms with Gasteiger partial charge in [0.2, 0.25) is 0 Å². The summed E-state index contributed by atoms with van der Waals surface area (Å²) >= 11 is 0. The number of nitrogens with zero attached hydrogens (tertiary/aromatic N) is 1. The Kier molecular flexibility index (Phi) is 2.68. The van der Waals surface area contributed by atoms with Gasteiger partial charge < -0.3 is 0 Å². The third-order valence-corrected chi connectivity index (χ3v) is 3.78. The number of aryl methyl sites for hydroxylation is 1. The van der Waals surface area contributed by atoms with Crippen molar-refractivity contribution in [2.45, 2.75) is 18.2 Å². The molecule has 0 fully saturated rings. The molecule has 1 aromatic carbocycles. The van der Waals surface area contributed by atoms with Crippen molar-refractivity contribution in [2.24, 2.45) is 0 Å². The first-order chi connectivity index (χ1) is 7.52. The largest absolute Gasteiger partial charge is 0.264 e. The normalized spacial score (nSPS) is 11.9. The maximum absolute atomic E-state index is 11.6. The Morgan fingerprint density at radius 3 is 2.62 bits per heavy atom. The zero-order valence-electron chi connectivity index (χ0n) is 9.27. The molecule has 0 radical (unpaired) electrons. The summed E-state index contributed by atoms with van der Waals surface area (Å²) in [6, 6.07) is 5.45. The molecule has 0 atom stereocenters. The van der Waals surface area contributed by atoms with Crippen molar-refractivity contribution in [2.75, 3.05) is 6.26 Å². The first-order valence-corrected chi connectivity index (χ1v) is 6.98. The fraction of sp³-hybridized carbons (Fsp3) is 0.250. The lowest BCUT2D eigenvalue weighted by atomic mass is 10.1. The lowest BCUT2D eigenvalue weighted by Crippen LogP contribution is -2.02. The van der Waals surface area contributed by atoms with E-state index in [0.717, 1.165) is 16.3 Å². The molecule has 0 unspecified atom stereocenters. The summed E-state index contributed by atoms with van der Waals surface area (Å²) < 4.78 is 23.3. The van der Waals surface area contributed by atoms with Gasteiger partial charge in [-0.25, -0.2) is 8.42 Å². The number of sulfone groups is 1. The topological polar surface area (TPSA) is 47.0 Å². The maximum Gasteiger partial charge on any atom is 0.175 e. The van der Waals surface area contributed by atoms with E-state index in [4.69, 9.17) is 0 Å². The van der Waals surface area contributed by atoms with E-state index in [-0.39, 0.29) is 0 Å². The van der Waals surface area contributed by atoms with Crippen molar-refractivity contribution in [1.82, 2.24) is 4.98 Å². The highest BCUT2D eigenvalue weighted by Crippen LogP contribution is 2.23. The van der Waals surface area contributed by atoms with E-state index in [1.807, 2.05) is 19.1 Å². The summed E-state index contributed by atoms with van der Waals surface area (Å²) in [4.78, 5) is 4.46. The van der Waals surface area contributed by atoms with Crippen LogP contribution < -0.4 is 0 Å². The van der Waals surface area contributed by atoms with Gasteiger partial charge in [-0.2, -0.15) is 0 Å². The molecule has 2 rings (SSSR count). The van der Waals surface area contributed by atoms with Gasteiger partial charge >= 0.3 is 0 Å². The highest BCUT2D eigenvalue weighted by molar-refractivity contribution is 7.90. The molecule has 1 aromatic heterocycles. The van der Waals surface area contributed by atoms with E-state index in [1.54, 1.807) is 18.5 Å². The third-order valence-electron chi connectivity index (χ3n) is 2.60. The monoisotopic (exact) mass is 235 g/mol. The summed E-state index contributed by atoms with van der Waals surface area (Å²) in [6.07, 6.45) is 5.36. The van der Waals surface area contributed by atoms with Gasteiger partial charge in [-0.3, -0.25) is 4.98 Å². The van der Waals surface area contributed by atoms with Crippen LogP contribution in [0.3, 0.4) is 0 Å². The molecule has 4 heteroatoms. The predicted molar refractivity (Wildman–Crippen MR) is 64.2 cm³/mol. The molecule has 2 aromatic rings. The van der Waals surface area contributed by atoms with E-state index >= 15 is 0 Å². The van der Waals surface area contributed by atoms with Crippen LogP contribution in [0.1, 0.15) is 12.5 Å². The van der Waals surface area contributed by atoms with E-state index in [0.29, 0.717) is 11.3 Å². The number of hydrogen-bond acceptors (Lipinski definition) is 3. The number of pyridine rings is 1. The Bertz CT molecular complexity index is 633. The van der Waals surface area contributed by atoms with Crippen molar-refractivity contribution in [3.8, 4) is 0 Å². The van der Waals surface area contributed by atoms with Crippen LogP contribution in [0.4, 0.5) is 0 Å². The zero-order valence-corrected chi connectivity index (χ0v) is 10.1. The van der Waals surface area contributed by atoms with Crippen molar-refractivity contribution < 1.29 is 8.42 Å². The first kappa shape index (κ1) is 11.1. The molecule has 0 amide bonds. The van der Waals surface area contributed by atoms with Gasteiger partial charge in [0.1, 0.15) is 0 Å². The molecule has 84 valence electrons. The van der Waals surface area contributed by atoms with Crippen molar-refractivity contribution >= 4 is 20.6 Å². The number of rotatable bonds is 2. The maximum atomic E-state index is 11.6. The van der Waals surface area contributed by atoms with E-state index in [1.165, 1.54) is 6.26 Å². The van der Waals surface area contributed by atoms with Crippen LogP contribution in [-0.2, 0) is 16.3 Å². The van der Waals surface area contributed by atoms with Gasteiger partial charge in [0.15, 0.2) is 9.84 Å². The minimum absolute atomic E-state index is 0.425. The van der Waals surface area contributed by atoms with Gasteiger partial charge in [0.05, 0.1) is 4.90 Å². The molecule has 0 N–H and O–H groups in total. The van der Waals surface area contributed by atoms with Crippen molar-refractivity contribution in [3.63, 3.8) is 0 Å². The van der Waals surface area contributed by atoms with Crippen molar-refractivity contribution in [1.29, 1.82) is 0 Å². The number of hydrogen-bond donors (Lipinski definition) is 0. The zero-order chi connectivity index (χ0) is 11.8. The number of aromatic nitrogens is 1. The summed E-state index contributed by atoms with van der Waals surface area (Å²) in [5, 5.41) is 1.89. The van der Waals surface area contributed by atoms with E-state index in [2.05, 4.69) is 4.98 Å². The molecule has 1 heterocycles. The Hall–Kier alpha value is -1.42. The van der Waals surface area contributed by atoms with Gasteiger partial charge in [0.25, 0.3) is 0 Å². The summed E-state index contributed by atoms with van der Waals surface area (Å²) in [5.74, 6) is 0. The fourth-order valence-electron chi connectivity index (χ4n) is 1.78. The average Bonchev–Trinajstić information content (AvgIpc) is 2.26. The summed E-state index contributed by atoms with van der Waals surface area (Å²) in [6.45, 7) is 1.95. The van der Waals surface area contributed by atoms with Gasteiger partial charge in [0, 0.05) is 24.0 Å². The smallest absolute Gasteiger partial charge is 0.175 e. The summed E-state index contributed by atoms with van der Waals surface area (Å²) in [5.41, 5.74) is 0.850. The van der Waals surface area contributed by atoms with Crippen LogP contribution in [0.25, 0.3) is 10.8 Å². The van der Waals surface area contributed by atoms with Crippen LogP contribution in [0.5, 0.6) is 0 Å². The lowest BCUT2D eigenvalue weighted by molar-refractivity contribution is 0.601. The van der Waals surface area contributed by atoms with Crippen LogP contribution >= 0.6 is 0 Å². The van der Waals surface area contributed by atoms with Crippen molar-refractivity contribution in [3.05, 3.63) is 36.2 Å². The molecule has 0 aliphatic heterocycles. The first-order valence-electron chi connectivity index (χ1n) is 5.09. The number of benzene rings is 1. The second kappa shape index (κ2) is 3.87. The minimum Gasteiger partial charge on any atom is -0.264 e. The second-order valence-corrected chi connectivity index (χ2v) is 5.79. The highest BCUT2D eigenvalue weighted by atomic mass is 32.2. The van der Waals surface area contributed by atoms with Gasteiger partial charge in [-0.05, 0) is 35.6 Å². The quantitative estimate of drug-likeness (QED) is 0.801. The average molecular weight is 235 g/mol. The van der Waals surface area contributed by atoms with Crippen LogP contribution in [0, 0.1) is 0 Å². The molecule has 0 saturated carbocycles. The molecular weight excluding hydrogens is 222 g/mol.